The van der Waals surface area contributed by atoms with E-state index in [-0.39, 0.29) is 0 Å². The second-order valence-electron chi connectivity index (χ2n) is 18.9. The summed E-state index contributed by atoms with van der Waals surface area (Å²) in [7, 11) is 0. The minimum atomic E-state index is 0.702. The van der Waals surface area contributed by atoms with Crippen LogP contribution in [0, 0.1) is 0 Å². The van der Waals surface area contributed by atoms with Crippen molar-refractivity contribution in [2.24, 2.45) is 0 Å². The summed E-state index contributed by atoms with van der Waals surface area (Å²) in [6.07, 6.45) is 27.1. The first-order valence-corrected chi connectivity index (χ1v) is 25.2. The first-order valence-electron chi connectivity index (χ1n) is 25.2. The van der Waals surface area contributed by atoms with Crippen LogP contribution >= 0.6 is 0 Å². The van der Waals surface area contributed by atoms with Crippen molar-refractivity contribution in [2.75, 3.05) is 0 Å². The fourth-order valence-electron chi connectivity index (χ4n) is 10.5. The summed E-state index contributed by atoms with van der Waals surface area (Å²) in [5.41, 5.74) is 20.0. The van der Waals surface area contributed by atoms with E-state index in [9.17, 15) is 0 Å². The molecule has 2 fully saturated rings. The summed E-state index contributed by atoms with van der Waals surface area (Å²) in [6, 6.07) is 75.8. The largest absolute Gasteiger partial charge is 0.0622 e. The van der Waals surface area contributed by atoms with Gasteiger partial charge in [0.1, 0.15) is 0 Å². The Bertz CT molecular complexity index is 2780. The molecule has 0 saturated heterocycles. The van der Waals surface area contributed by atoms with Crippen LogP contribution in [0.3, 0.4) is 0 Å². The lowest BCUT2D eigenvalue weighted by atomic mass is 9.83. The van der Waals surface area contributed by atoms with Crippen LogP contribution in [0.5, 0.6) is 0 Å². The third-order valence-corrected chi connectivity index (χ3v) is 14.4. The van der Waals surface area contributed by atoms with E-state index < -0.39 is 0 Å². The second-order valence-corrected chi connectivity index (χ2v) is 18.9. The van der Waals surface area contributed by atoms with Crippen LogP contribution in [0.25, 0.3) is 58.7 Å². The minimum absolute atomic E-state index is 0.702. The van der Waals surface area contributed by atoms with Crippen LogP contribution in [-0.2, 0) is 0 Å². The van der Waals surface area contributed by atoms with Gasteiger partial charge in [0.15, 0.2) is 0 Å². The van der Waals surface area contributed by atoms with Gasteiger partial charge in [-0.15, -0.1) is 0 Å². The molecule has 0 heterocycles. The minimum Gasteiger partial charge on any atom is -0.0622 e. The Morgan fingerprint density at radius 2 is 0.603 bits per heavy atom. The predicted octanol–water partition coefficient (Wildman–Crippen LogP) is 19.0. The summed E-state index contributed by atoms with van der Waals surface area (Å²) in [6.45, 7) is 0. The van der Waals surface area contributed by atoms with Crippen molar-refractivity contribution in [1.29, 1.82) is 0 Å². The number of rotatable bonds is 13. The summed E-state index contributed by atoms with van der Waals surface area (Å²) < 4.78 is 0. The van der Waals surface area contributed by atoms with Crippen LogP contribution < -0.4 is 0 Å². The van der Waals surface area contributed by atoms with E-state index >= 15 is 0 Å². The van der Waals surface area contributed by atoms with Crippen LogP contribution in [-0.4, -0.2) is 0 Å². The molecule has 8 aromatic carbocycles. The quantitative estimate of drug-likeness (QED) is 0.101. The highest BCUT2D eigenvalue weighted by Gasteiger charge is 2.18. The van der Waals surface area contributed by atoms with Crippen LogP contribution in [0.2, 0.25) is 0 Å². The van der Waals surface area contributed by atoms with Gasteiger partial charge in [-0.2, -0.15) is 0 Å². The second kappa shape index (κ2) is 22.0. The molecule has 0 bridgehead atoms. The smallest absolute Gasteiger partial charge is 0.0105 e. The van der Waals surface area contributed by atoms with E-state index in [0.29, 0.717) is 11.8 Å². The topological polar surface area (TPSA) is 0 Å². The maximum atomic E-state index is 2.38. The molecule has 0 amide bonds. The first kappa shape index (κ1) is 44.6. The predicted molar refractivity (Wildman–Crippen MR) is 294 cm³/mol. The van der Waals surface area contributed by atoms with Crippen molar-refractivity contribution in [1.82, 2.24) is 0 Å². The van der Waals surface area contributed by atoms with E-state index in [2.05, 4.69) is 243 Å². The van der Waals surface area contributed by atoms with Crippen molar-refractivity contribution < 1.29 is 0 Å². The van der Waals surface area contributed by atoms with Gasteiger partial charge >= 0.3 is 0 Å². The van der Waals surface area contributed by atoms with Gasteiger partial charge in [0.05, 0.1) is 0 Å². The van der Waals surface area contributed by atoms with Crippen molar-refractivity contribution >= 4 is 47.6 Å². The Morgan fingerprint density at radius 3 is 0.971 bits per heavy atom. The van der Waals surface area contributed by atoms with Crippen molar-refractivity contribution in [2.45, 2.75) is 76.0 Å². The highest BCUT2D eigenvalue weighted by Crippen LogP contribution is 2.37. The Morgan fingerprint density at radius 1 is 0.279 bits per heavy atom. The molecule has 0 nitrogen and oxygen atoms in total. The SMILES string of the molecule is C(=Cc1ccccc1/C=C(/c1ccccc1)c1ccc(C2CCCCC2)cc1)c1ccc(-c2ccc(C=Cc3ccccc3/C=C(/c3ccccc3)c3ccc(C4CCCCC4)cc3)cc2)cc1. The van der Waals surface area contributed by atoms with Crippen molar-refractivity contribution in [3.63, 3.8) is 0 Å². The van der Waals surface area contributed by atoms with Gasteiger partial charge in [0.25, 0.3) is 0 Å². The zero-order chi connectivity index (χ0) is 45.7. The molecule has 68 heavy (non-hydrogen) atoms. The van der Waals surface area contributed by atoms with Crippen LogP contribution in [0.1, 0.15) is 143 Å². The molecular formula is C68H62. The summed E-state index contributed by atoms with van der Waals surface area (Å²) >= 11 is 0. The van der Waals surface area contributed by atoms with Gasteiger partial charge in [0.2, 0.25) is 0 Å². The Hall–Kier alpha value is -7.28. The van der Waals surface area contributed by atoms with Gasteiger partial charge in [-0.1, -0.05) is 269 Å². The van der Waals surface area contributed by atoms with Gasteiger partial charge in [-0.25, -0.2) is 0 Å². The van der Waals surface area contributed by atoms with Crippen LogP contribution in [0.15, 0.2) is 206 Å². The molecule has 2 aliphatic carbocycles. The van der Waals surface area contributed by atoms with E-state index in [1.165, 1.54) is 153 Å². The molecule has 0 unspecified atom stereocenters. The molecule has 0 N–H and O–H groups in total. The van der Waals surface area contributed by atoms with E-state index in [1.807, 2.05) is 0 Å². The van der Waals surface area contributed by atoms with E-state index in [1.54, 1.807) is 0 Å². The molecule has 334 valence electrons. The highest BCUT2D eigenvalue weighted by molar-refractivity contribution is 5.94. The first-order chi connectivity index (χ1) is 33.7. The standard InChI is InChI=1S/C68H62/c1-5-17-53(18-6-1)59-41-45-63(46-42-59)67(61-23-9-3-10-24-61)49-65-27-15-13-21-55(65)35-29-51-31-37-57(38-32-51)58-39-33-52(34-40-58)30-36-56-22-14-16-28-66(56)50-68(62-25-11-4-12-26-62)64-47-43-60(44-48-64)54-19-7-2-8-20-54/h3-4,9-16,21-50,53-54H,1-2,5-8,17-20H2/b35-29?,36-30?,67-49-,68-50-. The average molecular weight is 879 g/mol. The number of hydrogen-bond acceptors (Lipinski definition) is 0. The monoisotopic (exact) mass is 878 g/mol. The normalized spacial score (nSPS) is 15.3. The van der Waals surface area contributed by atoms with Crippen LogP contribution in [0.4, 0.5) is 0 Å². The maximum Gasteiger partial charge on any atom is -0.0105 e. The highest BCUT2D eigenvalue weighted by atomic mass is 14.2. The lowest BCUT2D eigenvalue weighted by molar-refractivity contribution is 0.443. The molecule has 0 heteroatoms. The molecule has 0 aromatic heterocycles. The summed E-state index contributed by atoms with van der Waals surface area (Å²) in [5.74, 6) is 1.40. The molecule has 10 rings (SSSR count). The maximum absolute atomic E-state index is 2.38. The van der Waals surface area contributed by atoms with Crippen molar-refractivity contribution in [3.8, 4) is 11.1 Å². The van der Waals surface area contributed by atoms with Gasteiger partial charge < -0.3 is 0 Å². The Labute approximate surface area is 405 Å². The molecule has 2 saturated carbocycles. The zero-order valence-electron chi connectivity index (χ0n) is 39.3. The molecular weight excluding hydrogens is 817 g/mol. The Kier molecular flexibility index (Phi) is 14.4. The third kappa shape index (κ3) is 11.1. The molecule has 8 aromatic rings. The Balaban J connectivity index is 0.836. The fraction of sp³-hybridized carbons (Fsp3) is 0.176. The summed E-state index contributed by atoms with van der Waals surface area (Å²) in [4.78, 5) is 0. The van der Waals surface area contributed by atoms with Gasteiger partial charge in [-0.05, 0) is 139 Å². The summed E-state index contributed by atoms with van der Waals surface area (Å²) in [5, 5.41) is 0. The number of hydrogen-bond donors (Lipinski definition) is 0. The molecule has 2 aliphatic rings. The molecule has 0 radical (unpaired) electrons. The fourth-order valence-corrected chi connectivity index (χ4v) is 10.5. The molecule has 0 spiro atoms. The molecule has 0 atom stereocenters. The zero-order valence-corrected chi connectivity index (χ0v) is 39.3. The lowest BCUT2D eigenvalue weighted by Gasteiger charge is -2.22. The van der Waals surface area contributed by atoms with E-state index in [4.69, 9.17) is 0 Å². The van der Waals surface area contributed by atoms with Gasteiger partial charge in [0, 0.05) is 0 Å². The lowest BCUT2D eigenvalue weighted by Crippen LogP contribution is -2.04. The van der Waals surface area contributed by atoms with E-state index in [0.717, 1.165) is 0 Å². The number of benzene rings is 8. The molecule has 0 aliphatic heterocycles. The van der Waals surface area contributed by atoms with Crippen molar-refractivity contribution in [3.05, 3.63) is 273 Å². The van der Waals surface area contributed by atoms with Gasteiger partial charge in [-0.3, -0.25) is 0 Å². The third-order valence-electron chi connectivity index (χ3n) is 14.4. The average Bonchev–Trinajstić information content (AvgIpc) is 3.42.